The van der Waals surface area contributed by atoms with Gasteiger partial charge in [-0.05, 0) is 132 Å². The Morgan fingerprint density at radius 3 is 1.32 bits per heavy atom. The highest BCUT2D eigenvalue weighted by Crippen LogP contribution is 2.45. The van der Waals surface area contributed by atoms with Crippen LogP contribution in [0.1, 0.15) is 0 Å². The monoisotopic (exact) mass is 788 g/mol. The molecule has 0 atom stereocenters. The third-order valence-electron chi connectivity index (χ3n) is 12.5. The van der Waals surface area contributed by atoms with E-state index in [4.69, 9.17) is 0 Å². The summed E-state index contributed by atoms with van der Waals surface area (Å²) in [6.45, 7) is 0. The third kappa shape index (κ3) is 5.96. The summed E-state index contributed by atoms with van der Waals surface area (Å²) in [6.07, 6.45) is 0. The molecule has 12 rings (SSSR count). The van der Waals surface area contributed by atoms with Crippen LogP contribution in [0.15, 0.2) is 243 Å². The van der Waals surface area contributed by atoms with Gasteiger partial charge in [-0.25, -0.2) is 0 Å². The number of aromatic nitrogens is 1. The number of rotatable bonds is 7. The Labute approximate surface area is 360 Å². The van der Waals surface area contributed by atoms with Gasteiger partial charge >= 0.3 is 0 Å². The lowest BCUT2D eigenvalue weighted by Gasteiger charge is -2.26. The first-order valence-electron chi connectivity index (χ1n) is 21.3. The maximum Gasteiger partial charge on any atom is 0.0541 e. The van der Waals surface area contributed by atoms with Crippen LogP contribution in [0.3, 0.4) is 0 Å². The number of hydrogen-bond acceptors (Lipinski definition) is 1. The van der Waals surface area contributed by atoms with E-state index >= 15 is 0 Å². The molecule has 62 heavy (non-hydrogen) atoms. The molecule has 0 bridgehead atoms. The van der Waals surface area contributed by atoms with Gasteiger partial charge in [-0.2, -0.15) is 0 Å². The molecule has 290 valence electrons. The van der Waals surface area contributed by atoms with Gasteiger partial charge in [-0.3, -0.25) is 0 Å². The maximum absolute atomic E-state index is 2.40. The molecule has 0 amide bonds. The van der Waals surface area contributed by atoms with Gasteiger partial charge in [0, 0.05) is 33.5 Å². The third-order valence-corrected chi connectivity index (χ3v) is 12.5. The van der Waals surface area contributed by atoms with Gasteiger partial charge in [0.25, 0.3) is 0 Å². The molecule has 1 heterocycles. The summed E-state index contributed by atoms with van der Waals surface area (Å²) >= 11 is 0. The molecule has 0 N–H and O–H groups in total. The van der Waals surface area contributed by atoms with Crippen molar-refractivity contribution < 1.29 is 0 Å². The molecular weight excluding hydrogens is 749 g/mol. The fourth-order valence-electron chi connectivity index (χ4n) is 9.71. The van der Waals surface area contributed by atoms with Crippen molar-refractivity contribution in [3.05, 3.63) is 243 Å². The standard InChI is InChI=1S/C60H40N2/c1-3-16-43(17-4-1)59-53-23-9-10-24-54(53)60(44-18-5-2-6-19-44)56-40-46(30-38-55(56)59)42-27-31-47(32-28-42)61(50-33-29-41-15-7-8-20-45(41)39-50)48-34-36-49(37-35-48)62-57-25-13-11-21-51(57)52-22-12-14-26-58(52)62/h1-40H. The van der Waals surface area contributed by atoms with Crippen molar-refractivity contribution in [1.82, 2.24) is 4.57 Å². The van der Waals surface area contributed by atoms with Gasteiger partial charge in [0.15, 0.2) is 0 Å². The number of para-hydroxylation sites is 2. The fraction of sp³-hybridized carbons (Fsp3) is 0. The van der Waals surface area contributed by atoms with Gasteiger partial charge in [-0.15, -0.1) is 0 Å². The van der Waals surface area contributed by atoms with Crippen molar-refractivity contribution in [2.75, 3.05) is 4.90 Å². The predicted octanol–water partition coefficient (Wildman–Crippen LogP) is 16.7. The second kappa shape index (κ2) is 14.8. The molecule has 0 radical (unpaired) electrons. The zero-order valence-electron chi connectivity index (χ0n) is 34.0. The minimum absolute atomic E-state index is 1.09. The molecule has 0 unspecified atom stereocenters. The first-order chi connectivity index (χ1) is 30.8. The summed E-state index contributed by atoms with van der Waals surface area (Å²) in [5, 5.41) is 9.98. The van der Waals surface area contributed by atoms with E-state index in [9.17, 15) is 0 Å². The van der Waals surface area contributed by atoms with Crippen LogP contribution >= 0.6 is 0 Å². The predicted molar refractivity (Wildman–Crippen MR) is 264 cm³/mol. The van der Waals surface area contributed by atoms with Crippen LogP contribution < -0.4 is 4.90 Å². The molecule has 11 aromatic carbocycles. The molecular formula is C60H40N2. The average Bonchev–Trinajstić information content (AvgIpc) is 3.68. The number of anilines is 3. The normalized spacial score (nSPS) is 11.5. The summed E-state index contributed by atoms with van der Waals surface area (Å²) in [7, 11) is 0. The number of benzene rings is 11. The van der Waals surface area contributed by atoms with Crippen LogP contribution in [0.2, 0.25) is 0 Å². The summed E-state index contributed by atoms with van der Waals surface area (Å²) in [5.41, 5.74) is 14.2. The van der Waals surface area contributed by atoms with E-state index < -0.39 is 0 Å². The molecule has 0 aliphatic carbocycles. The Kier molecular flexibility index (Phi) is 8.53. The van der Waals surface area contributed by atoms with E-state index in [0.717, 1.165) is 22.7 Å². The molecule has 2 nitrogen and oxygen atoms in total. The van der Waals surface area contributed by atoms with Crippen molar-refractivity contribution in [2.24, 2.45) is 0 Å². The van der Waals surface area contributed by atoms with Gasteiger partial charge in [0.1, 0.15) is 0 Å². The summed E-state index contributed by atoms with van der Waals surface area (Å²) in [4.78, 5) is 2.37. The van der Waals surface area contributed by atoms with E-state index in [1.54, 1.807) is 0 Å². The fourth-order valence-corrected chi connectivity index (χ4v) is 9.71. The Hall–Kier alpha value is -8.20. The minimum atomic E-state index is 1.09. The molecule has 0 fully saturated rings. The molecule has 2 heteroatoms. The number of hydrogen-bond donors (Lipinski definition) is 0. The van der Waals surface area contributed by atoms with Gasteiger partial charge in [-0.1, -0.05) is 176 Å². The van der Waals surface area contributed by atoms with Crippen molar-refractivity contribution >= 4 is 71.2 Å². The van der Waals surface area contributed by atoms with E-state index in [1.165, 1.54) is 87.5 Å². The topological polar surface area (TPSA) is 8.17 Å². The second-order valence-corrected chi connectivity index (χ2v) is 16.1. The highest BCUT2D eigenvalue weighted by molar-refractivity contribution is 6.22. The highest BCUT2D eigenvalue weighted by Gasteiger charge is 2.19. The number of fused-ring (bicyclic) bond motifs is 6. The van der Waals surface area contributed by atoms with Crippen molar-refractivity contribution in [2.45, 2.75) is 0 Å². The largest absolute Gasteiger partial charge is 0.310 e. The second-order valence-electron chi connectivity index (χ2n) is 16.1. The Morgan fingerprint density at radius 1 is 0.258 bits per heavy atom. The lowest BCUT2D eigenvalue weighted by molar-refractivity contribution is 1.17. The maximum atomic E-state index is 2.40. The van der Waals surface area contributed by atoms with Crippen LogP contribution in [0, 0.1) is 0 Å². The Balaban J connectivity index is 0.990. The van der Waals surface area contributed by atoms with Gasteiger partial charge in [0.05, 0.1) is 11.0 Å². The van der Waals surface area contributed by atoms with Crippen LogP contribution in [-0.2, 0) is 0 Å². The van der Waals surface area contributed by atoms with Crippen molar-refractivity contribution in [3.8, 4) is 39.1 Å². The molecule has 0 saturated carbocycles. The zero-order valence-corrected chi connectivity index (χ0v) is 34.0. The smallest absolute Gasteiger partial charge is 0.0541 e. The van der Waals surface area contributed by atoms with Crippen LogP contribution in [-0.4, -0.2) is 4.57 Å². The molecule has 0 aliphatic heterocycles. The van der Waals surface area contributed by atoms with Gasteiger partial charge in [0.2, 0.25) is 0 Å². The molecule has 0 spiro atoms. The molecule has 1 aromatic heterocycles. The van der Waals surface area contributed by atoms with Crippen LogP contribution in [0.5, 0.6) is 0 Å². The zero-order chi connectivity index (χ0) is 41.0. The Bertz CT molecular complexity index is 3550. The van der Waals surface area contributed by atoms with Crippen LogP contribution in [0.4, 0.5) is 17.1 Å². The van der Waals surface area contributed by atoms with E-state index in [-0.39, 0.29) is 0 Å². The molecule has 12 aromatic rings. The first kappa shape index (κ1) is 35.7. The Morgan fingerprint density at radius 2 is 0.710 bits per heavy atom. The lowest BCUT2D eigenvalue weighted by atomic mass is 9.85. The van der Waals surface area contributed by atoms with Gasteiger partial charge < -0.3 is 9.47 Å². The lowest BCUT2D eigenvalue weighted by Crippen LogP contribution is -2.10. The summed E-state index contributed by atoms with van der Waals surface area (Å²) in [6, 6.07) is 88.4. The first-order valence-corrected chi connectivity index (χ1v) is 21.3. The van der Waals surface area contributed by atoms with Crippen molar-refractivity contribution in [1.29, 1.82) is 0 Å². The van der Waals surface area contributed by atoms with E-state index in [0.29, 0.717) is 0 Å². The summed E-state index contributed by atoms with van der Waals surface area (Å²) in [5.74, 6) is 0. The van der Waals surface area contributed by atoms with E-state index in [1.807, 2.05) is 0 Å². The summed E-state index contributed by atoms with van der Waals surface area (Å²) < 4.78 is 2.38. The van der Waals surface area contributed by atoms with Crippen LogP contribution in [0.25, 0.3) is 93.2 Å². The highest BCUT2D eigenvalue weighted by atomic mass is 15.1. The molecule has 0 saturated heterocycles. The molecule has 0 aliphatic rings. The SMILES string of the molecule is c1ccc(-c2c3ccccc3c(-c3ccccc3)c3cc(-c4ccc(N(c5ccc(-n6c7ccccc7c7ccccc76)cc5)c5ccc6ccccc6c5)cc4)ccc23)cc1. The van der Waals surface area contributed by atoms with E-state index in [2.05, 4.69) is 252 Å². The quantitative estimate of drug-likeness (QED) is 0.146. The average molecular weight is 789 g/mol. The van der Waals surface area contributed by atoms with Crippen molar-refractivity contribution in [3.63, 3.8) is 0 Å². The minimum Gasteiger partial charge on any atom is -0.310 e. The number of nitrogens with zero attached hydrogens (tertiary/aromatic N) is 2.